The standard InChI is InChI=1S/C17H15N2.C14H12N2.Ir/c1-13-7-6-8-14(2)16(13)19-12-11-18-17(19)15-9-4-3-5-10-15;1-15-11-16(12-7-3-2-4-8-12)14-10-6-5-9-13(14)15;/h3-9,11-12H,1-2H3;2-7,9-11H,1H3;/q-1;-2;+3. The van der Waals surface area contributed by atoms with Gasteiger partial charge >= 0.3 is 20.1 Å². The van der Waals surface area contributed by atoms with Crippen molar-refractivity contribution in [1.29, 1.82) is 0 Å². The summed E-state index contributed by atoms with van der Waals surface area (Å²) < 4.78 is 2.14. The molecule has 1 aromatic heterocycles. The summed E-state index contributed by atoms with van der Waals surface area (Å²) in [6, 6.07) is 37.1. The van der Waals surface area contributed by atoms with Crippen LogP contribution in [0, 0.1) is 32.6 Å². The second-order valence-electron chi connectivity index (χ2n) is 8.47. The molecule has 0 aliphatic carbocycles. The molecule has 180 valence electrons. The van der Waals surface area contributed by atoms with Gasteiger partial charge in [-0.15, -0.1) is 41.6 Å². The Morgan fingerprint density at radius 3 is 2.08 bits per heavy atom. The fraction of sp³-hybridized carbons (Fsp3) is 0.0968. The topological polar surface area (TPSA) is 24.3 Å². The van der Waals surface area contributed by atoms with E-state index in [1.807, 2.05) is 54.9 Å². The number of nitrogens with zero attached hydrogens (tertiary/aromatic N) is 4. The van der Waals surface area contributed by atoms with Crippen molar-refractivity contribution in [2.75, 3.05) is 16.8 Å². The summed E-state index contributed by atoms with van der Waals surface area (Å²) in [6.07, 6.45) is 3.84. The van der Waals surface area contributed by atoms with Gasteiger partial charge in [0.1, 0.15) is 0 Å². The van der Waals surface area contributed by atoms with E-state index >= 15 is 0 Å². The number of aryl methyl sites for hydroxylation is 2. The third kappa shape index (κ3) is 5.13. The smallest absolute Gasteiger partial charge is 0.504 e. The van der Waals surface area contributed by atoms with Crippen molar-refractivity contribution >= 4 is 17.1 Å². The number of anilines is 3. The number of para-hydroxylation sites is 4. The first-order valence-electron chi connectivity index (χ1n) is 11.6. The summed E-state index contributed by atoms with van der Waals surface area (Å²) in [5.41, 5.74) is 8.19. The number of hydrogen-bond donors (Lipinski definition) is 0. The maximum atomic E-state index is 4.48. The maximum Gasteiger partial charge on any atom is 3.00 e. The second kappa shape index (κ2) is 11.4. The molecule has 0 fully saturated rings. The van der Waals surface area contributed by atoms with Gasteiger partial charge in [0, 0.05) is 29.5 Å². The van der Waals surface area contributed by atoms with Crippen LogP contribution in [-0.2, 0) is 20.1 Å². The van der Waals surface area contributed by atoms with Crippen LogP contribution >= 0.6 is 0 Å². The van der Waals surface area contributed by atoms with Crippen LogP contribution in [0.2, 0.25) is 0 Å². The summed E-state index contributed by atoms with van der Waals surface area (Å²) in [4.78, 5) is 8.75. The molecule has 0 N–H and O–H groups in total. The van der Waals surface area contributed by atoms with Gasteiger partial charge in [-0.2, -0.15) is 37.0 Å². The average Bonchev–Trinajstić information content (AvgIpc) is 3.51. The Morgan fingerprint density at radius 1 is 0.750 bits per heavy atom. The fourth-order valence-corrected chi connectivity index (χ4v) is 4.39. The van der Waals surface area contributed by atoms with E-state index in [0.29, 0.717) is 0 Å². The first kappa shape index (κ1) is 25.4. The molecule has 0 saturated heterocycles. The molecular weight excluding hydrogens is 621 g/mol. The number of benzene rings is 4. The zero-order chi connectivity index (χ0) is 24.2. The van der Waals surface area contributed by atoms with E-state index < -0.39 is 0 Å². The largest absolute Gasteiger partial charge is 3.00 e. The molecule has 1 aliphatic rings. The number of aromatic nitrogens is 2. The molecule has 0 spiro atoms. The molecule has 5 heteroatoms. The monoisotopic (exact) mass is 648 g/mol. The molecule has 0 unspecified atom stereocenters. The molecule has 0 atom stereocenters. The molecule has 36 heavy (non-hydrogen) atoms. The minimum Gasteiger partial charge on any atom is -0.504 e. The molecule has 0 saturated carbocycles. The Balaban J connectivity index is 0.000000167. The van der Waals surface area contributed by atoms with Gasteiger partial charge in [0.2, 0.25) is 0 Å². The van der Waals surface area contributed by atoms with E-state index in [2.05, 4.69) is 108 Å². The van der Waals surface area contributed by atoms with Crippen molar-refractivity contribution in [3.8, 4) is 17.1 Å². The molecule has 1 aliphatic heterocycles. The SMILES string of the molecule is CN1[CH-]N(c2[c-]cccc2)c2ccccc21.Cc1cccc(C)c1-n1ccnc1-c1[c-]cccc1.[Ir+3]. The van der Waals surface area contributed by atoms with Gasteiger partial charge in [0.15, 0.2) is 0 Å². The Bertz CT molecular complexity index is 1390. The molecule has 0 amide bonds. The number of rotatable bonds is 3. The van der Waals surface area contributed by atoms with Gasteiger partial charge in [0.25, 0.3) is 0 Å². The van der Waals surface area contributed by atoms with Gasteiger partial charge in [-0.1, -0.05) is 30.3 Å². The van der Waals surface area contributed by atoms with Gasteiger partial charge in [-0.3, -0.25) is 4.98 Å². The Hall–Kier alpha value is -3.66. The molecular formula is C31H27IrN4. The third-order valence-electron chi connectivity index (χ3n) is 6.03. The molecule has 4 nitrogen and oxygen atoms in total. The van der Waals surface area contributed by atoms with Crippen molar-refractivity contribution < 1.29 is 20.1 Å². The van der Waals surface area contributed by atoms with Gasteiger partial charge in [-0.25, -0.2) is 0 Å². The molecule has 5 aromatic rings. The molecule has 2 heterocycles. The Kier molecular flexibility index (Phi) is 8.04. The van der Waals surface area contributed by atoms with Crippen LogP contribution in [0.3, 0.4) is 0 Å². The van der Waals surface area contributed by atoms with Crippen LogP contribution in [0.1, 0.15) is 11.1 Å². The predicted molar refractivity (Wildman–Crippen MR) is 144 cm³/mol. The minimum atomic E-state index is 0. The van der Waals surface area contributed by atoms with Gasteiger partial charge < -0.3 is 14.4 Å². The van der Waals surface area contributed by atoms with E-state index in [-0.39, 0.29) is 20.1 Å². The first-order valence-corrected chi connectivity index (χ1v) is 11.6. The van der Waals surface area contributed by atoms with Gasteiger partial charge in [0.05, 0.1) is 5.82 Å². The van der Waals surface area contributed by atoms with E-state index in [4.69, 9.17) is 0 Å². The summed E-state index contributed by atoms with van der Waals surface area (Å²) in [6.45, 7) is 6.33. The average molecular weight is 648 g/mol. The van der Waals surface area contributed by atoms with Crippen molar-refractivity contribution in [3.05, 3.63) is 133 Å². The summed E-state index contributed by atoms with van der Waals surface area (Å²) in [5, 5.41) is 0. The zero-order valence-electron chi connectivity index (χ0n) is 20.5. The van der Waals surface area contributed by atoms with Crippen molar-refractivity contribution in [1.82, 2.24) is 9.55 Å². The zero-order valence-corrected chi connectivity index (χ0v) is 22.9. The number of fused-ring (bicyclic) bond motifs is 1. The number of imidazole rings is 1. The molecule has 4 aromatic carbocycles. The summed E-state index contributed by atoms with van der Waals surface area (Å²) in [5.74, 6) is 0.929. The first-order chi connectivity index (χ1) is 17.1. The Morgan fingerprint density at radius 2 is 1.42 bits per heavy atom. The van der Waals surface area contributed by atoms with Crippen LogP contribution in [0.15, 0.2) is 103 Å². The van der Waals surface area contributed by atoms with Crippen LogP contribution < -0.4 is 9.80 Å². The van der Waals surface area contributed by atoms with E-state index in [9.17, 15) is 0 Å². The van der Waals surface area contributed by atoms with Crippen LogP contribution in [-0.4, -0.2) is 16.6 Å². The minimum absolute atomic E-state index is 0. The fourth-order valence-electron chi connectivity index (χ4n) is 4.39. The molecule has 0 bridgehead atoms. The van der Waals surface area contributed by atoms with Crippen molar-refractivity contribution in [2.45, 2.75) is 13.8 Å². The van der Waals surface area contributed by atoms with Crippen LogP contribution in [0.4, 0.5) is 17.1 Å². The third-order valence-corrected chi connectivity index (χ3v) is 6.03. The molecule has 6 rings (SSSR count). The maximum absolute atomic E-state index is 4.48. The van der Waals surface area contributed by atoms with E-state index in [1.165, 1.54) is 28.2 Å². The van der Waals surface area contributed by atoms with Crippen LogP contribution in [0.5, 0.6) is 0 Å². The van der Waals surface area contributed by atoms with E-state index in [1.54, 1.807) is 0 Å². The molecule has 0 radical (unpaired) electrons. The van der Waals surface area contributed by atoms with Gasteiger partial charge in [-0.05, 0) is 44.2 Å². The van der Waals surface area contributed by atoms with Crippen molar-refractivity contribution in [2.24, 2.45) is 0 Å². The predicted octanol–water partition coefficient (Wildman–Crippen LogP) is 7.15. The van der Waals surface area contributed by atoms with E-state index in [0.717, 1.165) is 17.1 Å². The van der Waals surface area contributed by atoms with Crippen LogP contribution in [0.25, 0.3) is 17.1 Å². The second-order valence-corrected chi connectivity index (χ2v) is 8.47. The van der Waals surface area contributed by atoms with Crippen molar-refractivity contribution in [3.63, 3.8) is 0 Å². The number of hydrogen-bond acceptors (Lipinski definition) is 3. The summed E-state index contributed by atoms with van der Waals surface area (Å²) >= 11 is 0. The quantitative estimate of drug-likeness (QED) is 0.195. The Labute approximate surface area is 227 Å². The summed E-state index contributed by atoms with van der Waals surface area (Å²) in [7, 11) is 2.06. The normalized spacial score (nSPS) is 11.9.